The summed E-state index contributed by atoms with van der Waals surface area (Å²) in [4.78, 5) is 2.67. The van der Waals surface area contributed by atoms with Crippen molar-refractivity contribution in [3.63, 3.8) is 0 Å². The smallest absolute Gasteiger partial charge is 0.0682 e. The quantitative estimate of drug-likeness (QED) is 0.738. The van der Waals surface area contributed by atoms with Gasteiger partial charge in [-0.05, 0) is 12.8 Å². The van der Waals surface area contributed by atoms with Gasteiger partial charge in [0.25, 0.3) is 0 Å². The van der Waals surface area contributed by atoms with E-state index in [1.54, 1.807) is 0 Å². The summed E-state index contributed by atoms with van der Waals surface area (Å²) in [5.74, 6) is 1.56. The Kier molecular flexibility index (Phi) is 2.97. The largest absolute Gasteiger partial charge is 0.392 e. The molecule has 0 radical (unpaired) electrons. The van der Waals surface area contributed by atoms with Crippen LogP contribution in [0, 0.1) is 5.92 Å². The third kappa shape index (κ3) is 1.94. The van der Waals surface area contributed by atoms with Crippen LogP contribution in [-0.4, -0.2) is 46.2 Å². The molecule has 3 atom stereocenters. The summed E-state index contributed by atoms with van der Waals surface area (Å²) in [6.45, 7) is 2.42. The summed E-state index contributed by atoms with van der Waals surface area (Å²) in [6.07, 6.45) is 7.07. The third-order valence-electron chi connectivity index (χ3n) is 4.40. The molecular formula is C12H21NOS. The van der Waals surface area contributed by atoms with Gasteiger partial charge in [-0.2, -0.15) is 11.8 Å². The van der Waals surface area contributed by atoms with Crippen LogP contribution in [0.15, 0.2) is 0 Å². The van der Waals surface area contributed by atoms with Crippen molar-refractivity contribution < 1.29 is 5.11 Å². The van der Waals surface area contributed by atoms with Gasteiger partial charge in [-0.25, -0.2) is 0 Å². The lowest BCUT2D eigenvalue weighted by Gasteiger charge is -2.31. The molecule has 0 aromatic heterocycles. The number of rotatable bonds is 1. The molecule has 1 saturated carbocycles. The van der Waals surface area contributed by atoms with Crippen molar-refractivity contribution in [2.24, 2.45) is 5.92 Å². The van der Waals surface area contributed by atoms with Crippen molar-refractivity contribution in [1.29, 1.82) is 0 Å². The molecule has 3 rings (SSSR count). The van der Waals surface area contributed by atoms with E-state index in [-0.39, 0.29) is 6.10 Å². The fraction of sp³-hybridized carbons (Fsp3) is 1.00. The summed E-state index contributed by atoms with van der Waals surface area (Å²) in [5, 5.41) is 10.6. The first-order chi connectivity index (χ1) is 7.34. The molecule has 0 bridgehead atoms. The first-order valence-corrected chi connectivity index (χ1v) is 7.43. The first kappa shape index (κ1) is 10.4. The number of hydrogen-bond acceptors (Lipinski definition) is 3. The lowest BCUT2D eigenvalue weighted by atomic mass is 9.94. The number of hydrogen-bond donors (Lipinski definition) is 1. The van der Waals surface area contributed by atoms with Crippen molar-refractivity contribution in [2.45, 2.75) is 49.5 Å². The summed E-state index contributed by atoms with van der Waals surface area (Å²) < 4.78 is 0. The Hall–Kier alpha value is 0.270. The average Bonchev–Trinajstić information content (AvgIpc) is 2.83. The standard InChI is InChI=1S/C12H21NOS/c14-11-8-15-12-7-13(6-10(11)12)9-4-2-1-3-5-9/h9-12,14H,1-8H2/t10-,11+,12+/m0/s1. The Bertz CT molecular complexity index is 230. The highest BCUT2D eigenvalue weighted by molar-refractivity contribution is 8.00. The molecule has 15 heavy (non-hydrogen) atoms. The monoisotopic (exact) mass is 227 g/mol. The number of aliphatic hydroxyl groups is 1. The van der Waals surface area contributed by atoms with E-state index < -0.39 is 0 Å². The molecule has 0 unspecified atom stereocenters. The van der Waals surface area contributed by atoms with Crippen LogP contribution in [0.5, 0.6) is 0 Å². The Morgan fingerprint density at radius 1 is 1.07 bits per heavy atom. The maximum absolute atomic E-state index is 9.87. The van der Waals surface area contributed by atoms with Crippen LogP contribution in [-0.2, 0) is 0 Å². The SMILES string of the molecule is O[C@@H]1CS[C@@H]2CN(C3CCCCC3)C[C@@H]12. The van der Waals surface area contributed by atoms with Crippen LogP contribution < -0.4 is 0 Å². The Balaban J connectivity index is 1.61. The summed E-state index contributed by atoms with van der Waals surface area (Å²) in [5.41, 5.74) is 0. The molecule has 3 heteroatoms. The van der Waals surface area contributed by atoms with Crippen LogP contribution in [0.2, 0.25) is 0 Å². The number of fused-ring (bicyclic) bond motifs is 1. The van der Waals surface area contributed by atoms with Crippen molar-refractivity contribution in [2.75, 3.05) is 18.8 Å². The number of likely N-dealkylation sites (tertiary alicyclic amines) is 1. The van der Waals surface area contributed by atoms with Crippen LogP contribution in [0.3, 0.4) is 0 Å². The average molecular weight is 227 g/mol. The normalized spacial score (nSPS) is 43.4. The first-order valence-electron chi connectivity index (χ1n) is 6.38. The predicted octanol–water partition coefficient (Wildman–Crippen LogP) is 1.73. The van der Waals surface area contributed by atoms with Crippen LogP contribution in [0.4, 0.5) is 0 Å². The second-order valence-corrected chi connectivity index (χ2v) is 6.62. The van der Waals surface area contributed by atoms with E-state index >= 15 is 0 Å². The van der Waals surface area contributed by atoms with Gasteiger partial charge in [0.1, 0.15) is 0 Å². The van der Waals surface area contributed by atoms with Crippen LogP contribution in [0.1, 0.15) is 32.1 Å². The zero-order valence-corrected chi connectivity index (χ0v) is 10.1. The molecular weight excluding hydrogens is 206 g/mol. The molecule has 1 N–H and O–H groups in total. The minimum absolute atomic E-state index is 0.0198. The highest BCUT2D eigenvalue weighted by Gasteiger charge is 2.44. The van der Waals surface area contributed by atoms with Gasteiger partial charge in [0.05, 0.1) is 6.10 Å². The summed E-state index contributed by atoms with van der Waals surface area (Å²) >= 11 is 2.00. The van der Waals surface area contributed by atoms with E-state index in [1.807, 2.05) is 11.8 Å². The van der Waals surface area contributed by atoms with E-state index in [4.69, 9.17) is 0 Å². The topological polar surface area (TPSA) is 23.5 Å². The molecule has 2 aliphatic heterocycles. The van der Waals surface area contributed by atoms with E-state index in [0.717, 1.165) is 17.0 Å². The van der Waals surface area contributed by atoms with Gasteiger partial charge in [0, 0.05) is 36.1 Å². The lowest BCUT2D eigenvalue weighted by molar-refractivity contribution is 0.125. The fourth-order valence-corrected chi connectivity index (χ4v) is 4.97. The van der Waals surface area contributed by atoms with E-state index in [1.165, 1.54) is 45.2 Å². The third-order valence-corrected chi connectivity index (χ3v) is 5.86. The fourth-order valence-electron chi connectivity index (χ4n) is 3.47. The van der Waals surface area contributed by atoms with Gasteiger partial charge in [-0.1, -0.05) is 19.3 Å². The second kappa shape index (κ2) is 4.27. The molecule has 86 valence electrons. The molecule has 1 aliphatic carbocycles. The molecule has 2 nitrogen and oxygen atoms in total. The number of aliphatic hydroxyl groups excluding tert-OH is 1. The predicted molar refractivity (Wildman–Crippen MR) is 64.2 cm³/mol. The van der Waals surface area contributed by atoms with Gasteiger partial charge in [0.2, 0.25) is 0 Å². The van der Waals surface area contributed by atoms with Gasteiger partial charge >= 0.3 is 0 Å². The molecule has 0 spiro atoms. The van der Waals surface area contributed by atoms with Crippen molar-refractivity contribution in [1.82, 2.24) is 4.90 Å². The molecule has 0 amide bonds. The number of thioether (sulfide) groups is 1. The van der Waals surface area contributed by atoms with Gasteiger partial charge in [0.15, 0.2) is 0 Å². The Morgan fingerprint density at radius 2 is 1.87 bits per heavy atom. The summed E-state index contributed by atoms with van der Waals surface area (Å²) in [6, 6.07) is 0.845. The minimum Gasteiger partial charge on any atom is -0.392 e. The van der Waals surface area contributed by atoms with Gasteiger partial charge < -0.3 is 5.11 Å². The highest BCUT2D eigenvalue weighted by Crippen LogP contribution is 2.40. The zero-order chi connectivity index (χ0) is 10.3. The lowest BCUT2D eigenvalue weighted by Crippen LogP contribution is -2.36. The molecule has 3 aliphatic rings. The van der Waals surface area contributed by atoms with Crippen molar-refractivity contribution >= 4 is 11.8 Å². The maximum atomic E-state index is 9.87. The number of nitrogens with zero attached hydrogens (tertiary/aromatic N) is 1. The van der Waals surface area contributed by atoms with Crippen LogP contribution >= 0.6 is 11.8 Å². The molecule has 0 aromatic rings. The minimum atomic E-state index is -0.0198. The molecule has 2 heterocycles. The second-order valence-electron chi connectivity index (χ2n) is 5.35. The van der Waals surface area contributed by atoms with Gasteiger partial charge in [-0.15, -0.1) is 0 Å². The highest BCUT2D eigenvalue weighted by atomic mass is 32.2. The van der Waals surface area contributed by atoms with Gasteiger partial charge in [-0.3, -0.25) is 4.90 Å². The van der Waals surface area contributed by atoms with E-state index in [2.05, 4.69) is 4.90 Å². The van der Waals surface area contributed by atoms with Crippen LogP contribution in [0.25, 0.3) is 0 Å². The zero-order valence-electron chi connectivity index (χ0n) is 9.27. The summed E-state index contributed by atoms with van der Waals surface area (Å²) in [7, 11) is 0. The molecule has 2 saturated heterocycles. The molecule has 0 aromatic carbocycles. The van der Waals surface area contributed by atoms with E-state index in [0.29, 0.717) is 5.92 Å². The van der Waals surface area contributed by atoms with Crippen molar-refractivity contribution in [3.05, 3.63) is 0 Å². The van der Waals surface area contributed by atoms with Crippen molar-refractivity contribution in [3.8, 4) is 0 Å². The van der Waals surface area contributed by atoms with E-state index in [9.17, 15) is 5.11 Å². The maximum Gasteiger partial charge on any atom is 0.0682 e. The molecule has 3 fully saturated rings. The Labute approximate surface area is 96.4 Å². The Morgan fingerprint density at radius 3 is 2.60 bits per heavy atom.